The van der Waals surface area contributed by atoms with Gasteiger partial charge in [-0.15, -0.1) is 0 Å². The van der Waals surface area contributed by atoms with Crippen LogP contribution in [0, 0.1) is 0 Å². The van der Waals surface area contributed by atoms with Crippen LogP contribution in [-0.4, -0.2) is 29.6 Å². The highest BCUT2D eigenvalue weighted by Gasteiger charge is 2.47. The van der Waals surface area contributed by atoms with Gasteiger partial charge in [-0.1, -0.05) is 0 Å². The molecule has 0 saturated heterocycles. The zero-order valence-corrected chi connectivity index (χ0v) is 6.01. The summed E-state index contributed by atoms with van der Waals surface area (Å²) < 4.78 is 39.2. The third-order valence-corrected chi connectivity index (χ3v) is 1.32. The number of Topliss-reactive ketones (excluding diaryl/α,β-unsaturated/α-hetero) is 1. The number of hydrogen-bond donors (Lipinski definition) is 1. The van der Waals surface area contributed by atoms with Gasteiger partial charge < -0.3 is 9.84 Å². The first-order chi connectivity index (χ1) is 5.84. The van der Waals surface area contributed by atoms with Crippen molar-refractivity contribution in [2.45, 2.75) is 6.18 Å². The van der Waals surface area contributed by atoms with Crippen molar-refractivity contribution >= 4 is 11.8 Å². The van der Waals surface area contributed by atoms with E-state index in [0.717, 1.165) is 0 Å². The predicted octanol–water partition coefficient (Wildman–Crippen LogP) is 0.487. The van der Waals surface area contributed by atoms with Crippen molar-refractivity contribution in [2.75, 3.05) is 6.61 Å². The van der Waals surface area contributed by atoms with Gasteiger partial charge in [0.05, 0.1) is 0 Å². The molecule has 0 radical (unpaired) electrons. The van der Waals surface area contributed by atoms with Gasteiger partial charge in [-0.25, -0.2) is 4.79 Å². The summed E-state index contributed by atoms with van der Waals surface area (Å²) in [6, 6.07) is 0. The highest BCUT2D eigenvalue weighted by Crippen LogP contribution is 2.25. The lowest BCUT2D eigenvalue weighted by Crippen LogP contribution is -2.27. The topological polar surface area (TPSA) is 63.6 Å². The smallest absolute Gasteiger partial charge is 0.455 e. The molecule has 1 heterocycles. The molecule has 13 heavy (non-hydrogen) atoms. The predicted molar refractivity (Wildman–Crippen MR) is 31.7 cm³/mol. The quantitative estimate of drug-likeness (QED) is 0.489. The summed E-state index contributed by atoms with van der Waals surface area (Å²) in [5.41, 5.74) is -1.33. The summed E-state index contributed by atoms with van der Waals surface area (Å²) in [7, 11) is 0. The first kappa shape index (κ1) is 9.56. The number of alkyl halides is 3. The van der Waals surface area contributed by atoms with Gasteiger partial charge in [-0.3, -0.25) is 4.79 Å². The van der Waals surface area contributed by atoms with E-state index >= 15 is 0 Å². The molecule has 1 aliphatic heterocycles. The second-order valence-electron chi connectivity index (χ2n) is 2.22. The highest BCUT2D eigenvalue weighted by molar-refractivity contribution is 6.20. The van der Waals surface area contributed by atoms with Crippen molar-refractivity contribution in [3.8, 4) is 0 Å². The second-order valence-corrected chi connectivity index (χ2v) is 2.22. The van der Waals surface area contributed by atoms with Gasteiger partial charge in [0.25, 0.3) is 5.78 Å². The summed E-state index contributed by atoms with van der Waals surface area (Å²) in [6.07, 6.45) is -5.17. The lowest BCUT2D eigenvalue weighted by atomic mass is 10.1. The largest absolute Gasteiger partial charge is 0.508 e. The Morgan fingerprint density at radius 1 is 1.46 bits per heavy atom. The SMILES string of the molecule is O=C1OCC(O)=C1C(=O)C(F)(F)F. The van der Waals surface area contributed by atoms with Gasteiger partial charge in [0.15, 0.2) is 5.57 Å². The zero-order valence-electron chi connectivity index (χ0n) is 6.01. The fraction of sp³-hybridized carbons (Fsp3) is 0.333. The van der Waals surface area contributed by atoms with Crippen molar-refractivity contribution in [1.82, 2.24) is 0 Å². The van der Waals surface area contributed by atoms with Crippen LogP contribution in [0.3, 0.4) is 0 Å². The number of cyclic esters (lactones) is 1. The third-order valence-electron chi connectivity index (χ3n) is 1.32. The van der Waals surface area contributed by atoms with Gasteiger partial charge in [0, 0.05) is 0 Å². The van der Waals surface area contributed by atoms with Crippen molar-refractivity contribution in [3.05, 3.63) is 11.3 Å². The average Bonchev–Trinajstić information content (AvgIpc) is 2.28. The lowest BCUT2D eigenvalue weighted by molar-refractivity contribution is -0.168. The molecule has 1 aliphatic rings. The molecule has 0 fully saturated rings. The first-order valence-corrected chi connectivity index (χ1v) is 3.05. The number of esters is 1. The molecule has 0 spiro atoms. The van der Waals surface area contributed by atoms with E-state index in [4.69, 9.17) is 5.11 Å². The van der Waals surface area contributed by atoms with Gasteiger partial charge in [-0.2, -0.15) is 13.2 Å². The van der Waals surface area contributed by atoms with E-state index in [1.807, 2.05) is 0 Å². The lowest BCUT2D eigenvalue weighted by Gasteiger charge is -2.02. The van der Waals surface area contributed by atoms with Gasteiger partial charge in [-0.05, 0) is 0 Å². The third kappa shape index (κ3) is 1.63. The Morgan fingerprint density at radius 3 is 2.31 bits per heavy atom. The van der Waals surface area contributed by atoms with Crippen LogP contribution < -0.4 is 0 Å². The molecular formula is C6H3F3O4. The molecule has 0 aromatic rings. The molecule has 72 valence electrons. The normalized spacial score (nSPS) is 17.6. The number of carbonyl (C=O) groups is 2. The van der Waals surface area contributed by atoms with Crippen LogP contribution in [0.15, 0.2) is 11.3 Å². The molecule has 1 rings (SSSR count). The maximum atomic E-state index is 11.7. The van der Waals surface area contributed by atoms with Gasteiger partial charge in [0.2, 0.25) is 0 Å². The maximum Gasteiger partial charge on any atom is 0.455 e. The van der Waals surface area contributed by atoms with E-state index in [9.17, 15) is 22.8 Å². The van der Waals surface area contributed by atoms with E-state index < -0.39 is 35.9 Å². The number of rotatable bonds is 1. The number of carbonyl (C=O) groups excluding carboxylic acids is 2. The molecule has 0 aliphatic carbocycles. The van der Waals surface area contributed by atoms with Crippen LogP contribution in [-0.2, 0) is 14.3 Å². The molecule has 0 atom stereocenters. The van der Waals surface area contributed by atoms with Gasteiger partial charge >= 0.3 is 12.1 Å². The van der Waals surface area contributed by atoms with E-state index in [2.05, 4.69) is 4.74 Å². The van der Waals surface area contributed by atoms with E-state index in [1.165, 1.54) is 0 Å². The molecule has 0 saturated carbocycles. The molecule has 0 amide bonds. The van der Waals surface area contributed by atoms with Crippen LogP contribution in [0.1, 0.15) is 0 Å². The fourth-order valence-electron chi connectivity index (χ4n) is 0.762. The first-order valence-electron chi connectivity index (χ1n) is 3.05. The molecule has 7 heteroatoms. The molecule has 0 aromatic heterocycles. The molecule has 0 bridgehead atoms. The Bertz CT molecular complexity index is 301. The monoisotopic (exact) mass is 196 g/mol. The van der Waals surface area contributed by atoms with Crippen LogP contribution in [0.25, 0.3) is 0 Å². The zero-order chi connectivity index (χ0) is 10.2. The number of halogens is 3. The Hall–Kier alpha value is -1.53. The number of ether oxygens (including phenoxy) is 1. The molecule has 4 nitrogen and oxygen atoms in total. The molecule has 0 aromatic carbocycles. The summed E-state index contributed by atoms with van der Waals surface area (Å²) in [4.78, 5) is 21.0. The van der Waals surface area contributed by atoms with E-state index in [-0.39, 0.29) is 0 Å². The molecular weight excluding hydrogens is 193 g/mol. The van der Waals surface area contributed by atoms with Crippen LogP contribution in [0.2, 0.25) is 0 Å². The Labute approximate surface area is 69.6 Å². The summed E-state index contributed by atoms with van der Waals surface area (Å²) in [6.45, 7) is -0.685. The van der Waals surface area contributed by atoms with Crippen LogP contribution >= 0.6 is 0 Å². The Balaban J connectivity index is 3.02. The minimum absolute atomic E-state index is 0.685. The fourth-order valence-corrected chi connectivity index (χ4v) is 0.762. The second kappa shape index (κ2) is 2.75. The van der Waals surface area contributed by atoms with E-state index in [1.54, 1.807) is 0 Å². The molecule has 0 unspecified atom stereocenters. The standard InChI is InChI=1S/C6H3F3O4/c7-6(8,9)4(11)3-2(10)1-13-5(3)12/h10H,1H2. The Morgan fingerprint density at radius 2 is 2.00 bits per heavy atom. The van der Waals surface area contributed by atoms with Gasteiger partial charge in [0.1, 0.15) is 12.4 Å². The minimum atomic E-state index is -5.17. The highest BCUT2D eigenvalue weighted by atomic mass is 19.4. The average molecular weight is 196 g/mol. The van der Waals surface area contributed by atoms with Crippen molar-refractivity contribution in [3.63, 3.8) is 0 Å². The van der Waals surface area contributed by atoms with Crippen LogP contribution in [0.5, 0.6) is 0 Å². The summed E-state index contributed by atoms with van der Waals surface area (Å²) in [5, 5.41) is 8.71. The number of ketones is 1. The van der Waals surface area contributed by atoms with Crippen molar-refractivity contribution in [1.29, 1.82) is 0 Å². The van der Waals surface area contributed by atoms with E-state index in [0.29, 0.717) is 0 Å². The minimum Gasteiger partial charge on any atom is -0.508 e. The van der Waals surface area contributed by atoms with Crippen LogP contribution in [0.4, 0.5) is 13.2 Å². The number of aliphatic hydroxyl groups is 1. The molecule has 1 N–H and O–H groups in total. The van der Waals surface area contributed by atoms with Crippen molar-refractivity contribution in [2.24, 2.45) is 0 Å². The summed E-state index contributed by atoms with van der Waals surface area (Å²) in [5.74, 6) is -4.81. The van der Waals surface area contributed by atoms with Crippen molar-refractivity contribution < 1.29 is 32.6 Å². The Kier molecular flexibility index (Phi) is 2.02. The maximum absolute atomic E-state index is 11.7. The summed E-state index contributed by atoms with van der Waals surface area (Å²) >= 11 is 0. The number of aliphatic hydroxyl groups excluding tert-OH is 1. The number of hydrogen-bond acceptors (Lipinski definition) is 4.